The van der Waals surface area contributed by atoms with E-state index in [9.17, 15) is 4.79 Å². The number of amides is 1. The van der Waals surface area contributed by atoms with Crippen LogP contribution in [0.15, 0.2) is 34.9 Å². The van der Waals surface area contributed by atoms with Crippen LogP contribution in [0.2, 0.25) is 5.22 Å². The molecule has 1 fully saturated rings. The van der Waals surface area contributed by atoms with E-state index in [1.807, 2.05) is 0 Å². The monoisotopic (exact) mass is 316 g/mol. The molecule has 1 aliphatic heterocycles. The molecule has 0 aliphatic carbocycles. The minimum atomic E-state index is -0.162. The first-order valence-corrected chi connectivity index (χ1v) is 7.21. The number of aromatic nitrogens is 1. The number of pyridine rings is 1. The van der Waals surface area contributed by atoms with Crippen LogP contribution in [-0.4, -0.2) is 42.0 Å². The number of carbonyl (C=O) groups excluding carboxylic acids is 1. The summed E-state index contributed by atoms with van der Waals surface area (Å²) in [5.74, 6) is 0.848. The van der Waals surface area contributed by atoms with Gasteiger partial charge in [0.25, 0.3) is 5.91 Å². The van der Waals surface area contributed by atoms with Crippen LogP contribution in [0.1, 0.15) is 16.1 Å². The number of anilines is 1. The summed E-state index contributed by atoms with van der Waals surface area (Å²) in [4.78, 5) is 20.3. The zero-order chi connectivity index (χ0) is 15.5. The molecule has 7 heteroatoms. The van der Waals surface area contributed by atoms with E-state index in [1.54, 1.807) is 35.4 Å². The van der Waals surface area contributed by atoms with Crippen molar-refractivity contribution in [3.05, 3.63) is 47.0 Å². The Bertz CT molecular complexity index is 729. The van der Waals surface area contributed by atoms with Gasteiger partial charge in [0.15, 0.2) is 11.0 Å². The summed E-state index contributed by atoms with van der Waals surface area (Å²) in [6.45, 7) is 2.44. The summed E-state index contributed by atoms with van der Waals surface area (Å²) in [6, 6.07) is 8.66. The molecule has 0 radical (unpaired) electrons. The average molecular weight is 317 g/mol. The van der Waals surface area contributed by atoms with E-state index >= 15 is 0 Å². The lowest BCUT2D eigenvalue weighted by Crippen LogP contribution is -2.49. The molecule has 1 saturated heterocycles. The van der Waals surface area contributed by atoms with E-state index in [4.69, 9.17) is 21.3 Å². The number of piperazine rings is 1. The smallest absolute Gasteiger partial charge is 0.289 e. The van der Waals surface area contributed by atoms with Gasteiger partial charge in [-0.2, -0.15) is 5.26 Å². The average Bonchev–Trinajstić information content (AvgIpc) is 3.01. The van der Waals surface area contributed by atoms with Crippen molar-refractivity contribution < 1.29 is 9.21 Å². The van der Waals surface area contributed by atoms with Crippen molar-refractivity contribution >= 4 is 23.3 Å². The summed E-state index contributed by atoms with van der Waals surface area (Å²) in [7, 11) is 0. The van der Waals surface area contributed by atoms with Crippen LogP contribution in [0.5, 0.6) is 0 Å². The molecule has 3 rings (SSSR count). The molecule has 3 heterocycles. The summed E-state index contributed by atoms with van der Waals surface area (Å²) in [5, 5.41) is 9.14. The molecule has 0 N–H and O–H groups in total. The quantitative estimate of drug-likeness (QED) is 0.849. The third kappa shape index (κ3) is 2.90. The molecule has 112 valence electrons. The highest BCUT2D eigenvalue weighted by Crippen LogP contribution is 2.18. The van der Waals surface area contributed by atoms with Crippen molar-refractivity contribution in [2.24, 2.45) is 0 Å². The fourth-order valence-electron chi connectivity index (χ4n) is 2.38. The molecule has 2 aromatic heterocycles. The van der Waals surface area contributed by atoms with Crippen LogP contribution in [0.25, 0.3) is 0 Å². The van der Waals surface area contributed by atoms with Crippen molar-refractivity contribution in [3.63, 3.8) is 0 Å². The van der Waals surface area contributed by atoms with Crippen molar-refractivity contribution in [2.75, 3.05) is 31.1 Å². The number of nitriles is 1. The highest BCUT2D eigenvalue weighted by molar-refractivity contribution is 6.29. The molecule has 0 saturated carbocycles. The maximum absolute atomic E-state index is 12.3. The van der Waals surface area contributed by atoms with Crippen molar-refractivity contribution in [1.82, 2.24) is 9.88 Å². The first-order chi connectivity index (χ1) is 10.7. The Morgan fingerprint density at radius 1 is 1.27 bits per heavy atom. The van der Waals surface area contributed by atoms with Crippen molar-refractivity contribution in [1.29, 1.82) is 5.26 Å². The fraction of sp³-hybridized carbons (Fsp3) is 0.267. The zero-order valence-corrected chi connectivity index (χ0v) is 12.5. The van der Waals surface area contributed by atoms with Gasteiger partial charge in [-0.1, -0.05) is 0 Å². The first-order valence-electron chi connectivity index (χ1n) is 6.83. The van der Waals surface area contributed by atoms with Crippen LogP contribution in [0.3, 0.4) is 0 Å². The lowest BCUT2D eigenvalue weighted by molar-refractivity contribution is 0.0714. The largest absolute Gasteiger partial charge is 0.440 e. The van der Waals surface area contributed by atoms with Crippen molar-refractivity contribution in [3.8, 4) is 6.07 Å². The minimum absolute atomic E-state index is 0.162. The van der Waals surface area contributed by atoms with Gasteiger partial charge in [0.2, 0.25) is 0 Å². The maximum atomic E-state index is 12.3. The van der Waals surface area contributed by atoms with Gasteiger partial charge in [-0.25, -0.2) is 4.98 Å². The molecule has 0 aromatic carbocycles. The van der Waals surface area contributed by atoms with Gasteiger partial charge in [-0.15, -0.1) is 0 Å². The van der Waals surface area contributed by atoms with Gasteiger partial charge in [0.05, 0.1) is 11.6 Å². The Hall–Kier alpha value is -2.52. The summed E-state index contributed by atoms with van der Waals surface area (Å²) in [6.07, 6.45) is 1.62. The van der Waals surface area contributed by atoms with Crippen LogP contribution in [-0.2, 0) is 0 Å². The number of rotatable bonds is 2. The second-order valence-electron chi connectivity index (χ2n) is 4.90. The van der Waals surface area contributed by atoms with E-state index in [0.29, 0.717) is 31.7 Å². The molecule has 0 atom stereocenters. The van der Waals surface area contributed by atoms with Gasteiger partial charge in [0, 0.05) is 32.4 Å². The third-order valence-electron chi connectivity index (χ3n) is 3.55. The summed E-state index contributed by atoms with van der Waals surface area (Å²) < 4.78 is 5.15. The predicted molar refractivity (Wildman–Crippen MR) is 80.8 cm³/mol. The Morgan fingerprint density at radius 3 is 2.68 bits per heavy atom. The van der Waals surface area contributed by atoms with Gasteiger partial charge in [-0.3, -0.25) is 4.79 Å². The van der Waals surface area contributed by atoms with E-state index in [0.717, 1.165) is 5.82 Å². The Kier molecular flexibility index (Phi) is 3.98. The number of furan rings is 1. The maximum Gasteiger partial charge on any atom is 0.289 e. The van der Waals surface area contributed by atoms with Gasteiger partial charge in [0.1, 0.15) is 5.82 Å². The van der Waals surface area contributed by atoms with E-state index in [-0.39, 0.29) is 16.9 Å². The minimum Gasteiger partial charge on any atom is -0.440 e. The number of hydrogen-bond donors (Lipinski definition) is 0. The molecule has 22 heavy (non-hydrogen) atoms. The number of halogens is 1. The Balaban J connectivity index is 1.65. The van der Waals surface area contributed by atoms with E-state index in [2.05, 4.69) is 16.0 Å². The molecule has 1 aliphatic rings. The van der Waals surface area contributed by atoms with Gasteiger partial charge >= 0.3 is 0 Å². The SMILES string of the molecule is N#Cc1ccnc(N2CCN(C(=O)c3ccc(Cl)o3)CC2)c1. The molecule has 6 nitrogen and oxygen atoms in total. The molecule has 0 unspecified atom stereocenters. The predicted octanol–water partition coefficient (Wildman–Crippen LogP) is 2.16. The van der Waals surface area contributed by atoms with Gasteiger partial charge in [-0.05, 0) is 35.9 Å². The normalized spacial score (nSPS) is 14.7. The van der Waals surface area contributed by atoms with Crippen LogP contribution in [0.4, 0.5) is 5.82 Å². The molecular weight excluding hydrogens is 304 g/mol. The first kappa shape index (κ1) is 14.4. The third-order valence-corrected chi connectivity index (χ3v) is 3.75. The van der Waals surface area contributed by atoms with E-state index < -0.39 is 0 Å². The lowest BCUT2D eigenvalue weighted by Gasteiger charge is -2.35. The second-order valence-corrected chi connectivity index (χ2v) is 5.27. The Morgan fingerprint density at radius 2 is 2.05 bits per heavy atom. The summed E-state index contributed by atoms with van der Waals surface area (Å²) >= 11 is 5.69. The van der Waals surface area contributed by atoms with E-state index in [1.165, 1.54) is 0 Å². The topological polar surface area (TPSA) is 73.4 Å². The standard InChI is InChI=1S/C15H13ClN4O2/c16-13-2-1-12(22-13)15(21)20-7-5-19(6-8-20)14-9-11(10-17)3-4-18-14/h1-4,9H,5-8H2. The molecule has 1 amide bonds. The fourth-order valence-corrected chi connectivity index (χ4v) is 2.53. The molecule has 0 bridgehead atoms. The lowest BCUT2D eigenvalue weighted by atomic mass is 10.2. The number of carbonyl (C=O) groups is 1. The zero-order valence-electron chi connectivity index (χ0n) is 11.7. The highest BCUT2D eigenvalue weighted by Gasteiger charge is 2.24. The van der Waals surface area contributed by atoms with Crippen LogP contribution in [0, 0.1) is 11.3 Å². The number of nitrogens with zero attached hydrogens (tertiary/aromatic N) is 4. The van der Waals surface area contributed by atoms with Gasteiger partial charge < -0.3 is 14.2 Å². The summed E-state index contributed by atoms with van der Waals surface area (Å²) in [5.41, 5.74) is 0.578. The Labute approximate surface area is 132 Å². The molecular formula is C15H13ClN4O2. The second kappa shape index (κ2) is 6.08. The highest BCUT2D eigenvalue weighted by atomic mass is 35.5. The van der Waals surface area contributed by atoms with Crippen LogP contribution < -0.4 is 4.90 Å². The number of hydrogen-bond acceptors (Lipinski definition) is 5. The van der Waals surface area contributed by atoms with Crippen molar-refractivity contribution in [2.45, 2.75) is 0 Å². The molecule has 2 aromatic rings. The van der Waals surface area contributed by atoms with Crippen LogP contribution >= 0.6 is 11.6 Å². The molecule has 0 spiro atoms.